The van der Waals surface area contributed by atoms with Gasteiger partial charge in [-0.05, 0) is 18.2 Å². The number of carboxylic acids is 1. The maximum absolute atomic E-state index is 11.0. The zero-order valence-electron chi connectivity index (χ0n) is 10.1. The van der Waals surface area contributed by atoms with Crippen molar-refractivity contribution < 1.29 is 29.2 Å². The molecule has 0 amide bonds. The molecule has 0 aromatic heterocycles. The van der Waals surface area contributed by atoms with Crippen LogP contribution in [0.25, 0.3) is 0 Å². The molecule has 0 aliphatic heterocycles. The normalized spacial score (nSPS) is 10.1. The first-order chi connectivity index (χ1) is 8.69. The molecule has 6 heteroatoms. The second kappa shape index (κ2) is 7.52. The van der Waals surface area contributed by atoms with Gasteiger partial charge in [0.1, 0.15) is 23.7 Å². The second-order valence-corrected chi connectivity index (χ2v) is 3.35. The van der Waals surface area contributed by atoms with Crippen LogP contribution >= 0.6 is 0 Å². The third-order valence-corrected chi connectivity index (χ3v) is 2.14. The largest absolute Gasteiger partial charge is 0.497 e. The Morgan fingerprint density at radius 1 is 1.28 bits per heavy atom. The lowest BCUT2D eigenvalue weighted by molar-refractivity contribution is 0.0656. The van der Waals surface area contributed by atoms with Crippen LogP contribution < -0.4 is 9.47 Å². The fourth-order valence-corrected chi connectivity index (χ4v) is 1.31. The van der Waals surface area contributed by atoms with Gasteiger partial charge in [0.15, 0.2) is 0 Å². The average Bonchev–Trinajstić information content (AvgIpc) is 2.38. The number of carboxylic acid groups (broad SMARTS) is 1. The number of ether oxygens (including phenoxy) is 3. The first-order valence-corrected chi connectivity index (χ1v) is 5.41. The van der Waals surface area contributed by atoms with E-state index in [4.69, 9.17) is 24.4 Å². The molecule has 100 valence electrons. The van der Waals surface area contributed by atoms with Crippen molar-refractivity contribution in [3.05, 3.63) is 23.8 Å². The summed E-state index contributed by atoms with van der Waals surface area (Å²) in [5.41, 5.74) is 0.0384. The van der Waals surface area contributed by atoms with Crippen molar-refractivity contribution in [3.63, 3.8) is 0 Å². The number of aliphatic hydroxyl groups is 1. The van der Waals surface area contributed by atoms with Gasteiger partial charge in [-0.1, -0.05) is 0 Å². The van der Waals surface area contributed by atoms with Crippen LogP contribution in [0.15, 0.2) is 18.2 Å². The van der Waals surface area contributed by atoms with E-state index in [-0.39, 0.29) is 37.7 Å². The number of aromatic carboxylic acids is 1. The van der Waals surface area contributed by atoms with Crippen LogP contribution in [0.1, 0.15) is 10.4 Å². The molecule has 0 aliphatic carbocycles. The summed E-state index contributed by atoms with van der Waals surface area (Å²) in [6.07, 6.45) is 0. The molecule has 0 unspecified atom stereocenters. The average molecular weight is 256 g/mol. The topological polar surface area (TPSA) is 85.2 Å². The Labute approximate surface area is 105 Å². The van der Waals surface area contributed by atoms with Gasteiger partial charge in [-0.2, -0.15) is 0 Å². The fourth-order valence-electron chi connectivity index (χ4n) is 1.31. The van der Waals surface area contributed by atoms with Crippen molar-refractivity contribution in [1.82, 2.24) is 0 Å². The molecule has 0 saturated carbocycles. The van der Waals surface area contributed by atoms with Crippen molar-refractivity contribution in [3.8, 4) is 11.5 Å². The highest BCUT2D eigenvalue weighted by Gasteiger charge is 2.12. The van der Waals surface area contributed by atoms with E-state index >= 15 is 0 Å². The number of rotatable bonds is 8. The molecule has 6 nitrogen and oxygen atoms in total. The number of methoxy groups -OCH3 is 1. The molecular formula is C12H16O6. The molecule has 0 heterocycles. The summed E-state index contributed by atoms with van der Waals surface area (Å²) < 4.78 is 15.3. The summed E-state index contributed by atoms with van der Waals surface area (Å²) in [5.74, 6) is -0.368. The molecule has 18 heavy (non-hydrogen) atoms. The number of carbonyl (C=O) groups is 1. The predicted molar refractivity (Wildman–Crippen MR) is 63.4 cm³/mol. The van der Waals surface area contributed by atoms with Gasteiger partial charge in [0.05, 0.1) is 26.9 Å². The maximum atomic E-state index is 11.0. The minimum atomic E-state index is -1.08. The zero-order valence-corrected chi connectivity index (χ0v) is 10.1. The first kappa shape index (κ1) is 14.3. The Bertz CT molecular complexity index is 390. The summed E-state index contributed by atoms with van der Waals surface area (Å²) in [5, 5.41) is 17.5. The van der Waals surface area contributed by atoms with Gasteiger partial charge >= 0.3 is 5.97 Å². The highest BCUT2D eigenvalue weighted by atomic mass is 16.5. The zero-order chi connectivity index (χ0) is 13.4. The molecule has 1 aromatic rings. The standard InChI is InChI=1S/C12H16O6/c1-16-9-2-3-11(10(8-9)12(14)15)18-7-6-17-5-4-13/h2-3,8,13H,4-7H2,1H3,(H,14,15). The minimum Gasteiger partial charge on any atom is -0.497 e. The first-order valence-electron chi connectivity index (χ1n) is 5.41. The molecule has 0 aliphatic rings. The second-order valence-electron chi connectivity index (χ2n) is 3.35. The number of aliphatic hydroxyl groups excluding tert-OH is 1. The molecule has 0 atom stereocenters. The van der Waals surface area contributed by atoms with Crippen LogP contribution in [0.2, 0.25) is 0 Å². The molecule has 1 aromatic carbocycles. The molecule has 2 N–H and O–H groups in total. The lowest BCUT2D eigenvalue weighted by atomic mass is 10.2. The molecular weight excluding hydrogens is 240 g/mol. The quantitative estimate of drug-likeness (QED) is 0.669. The van der Waals surface area contributed by atoms with E-state index in [0.29, 0.717) is 5.75 Å². The number of hydrogen-bond acceptors (Lipinski definition) is 5. The lowest BCUT2D eigenvalue weighted by Gasteiger charge is -2.10. The van der Waals surface area contributed by atoms with Gasteiger partial charge in [0.2, 0.25) is 0 Å². The predicted octanol–water partition coefficient (Wildman–Crippen LogP) is 0.781. The van der Waals surface area contributed by atoms with Crippen molar-refractivity contribution in [1.29, 1.82) is 0 Å². The van der Waals surface area contributed by atoms with Crippen molar-refractivity contribution >= 4 is 5.97 Å². The molecule has 0 radical (unpaired) electrons. The van der Waals surface area contributed by atoms with Gasteiger partial charge in [0, 0.05) is 0 Å². The Morgan fingerprint density at radius 2 is 2.06 bits per heavy atom. The van der Waals surface area contributed by atoms with Crippen LogP contribution in [0.5, 0.6) is 11.5 Å². The van der Waals surface area contributed by atoms with Crippen LogP contribution in [0, 0.1) is 0 Å². The highest BCUT2D eigenvalue weighted by Crippen LogP contribution is 2.24. The summed E-state index contributed by atoms with van der Waals surface area (Å²) in [6, 6.07) is 4.55. The fraction of sp³-hybridized carbons (Fsp3) is 0.417. The third-order valence-electron chi connectivity index (χ3n) is 2.14. The van der Waals surface area contributed by atoms with E-state index in [0.717, 1.165) is 0 Å². The monoisotopic (exact) mass is 256 g/mol. The highest BCUT2D eigenvalue weighted by molar-refractivity contribution is 5.91. The molecule has 0 fully saturated rings. The van der Waals surface area contributed by atoms with Crippen LogP contribution in [0.4, 0.5) is 0 Å². The molecule has 0 spiro atoms. The van der Waals surface area contributed by atoms with E-state index in [1.807, 2.05) is 0 Å². The Hall–Kier alpha value is -1.79. The molecule has 1 rings (SSSR count). The van der Waals surface area contributed by atoms with E-state index in [9.17, 15) is 4.79 Å². The molecule has 0 bridgehead atoms. The van der Waals surface area contributed by atoms with Gasteiger partial charge < -0.3 is 24.4 Å². The third kappa shape index (κ3) is 4.23. The van der Waals surface area contributed by atoms with Gasteiger partial charge in [0.25, 0.3) is 0 Å². The number of hydrogen-bond donors (Lipinski definition) is 2. The van der Waals surface area contributed by atoms with E-state index in [1.165, 1.54) is 19.2 Å². The summed E-state index contributed by atoms with van der Waals surface area (Å²) in [4.78, 5) is 11.0. The van der Waals surface area contributed by atoms with Gasteiger partial charge in [-0.25, -0.2) is 4.79 Å². The number of benzene rings is 1. The van der Waals surface area contributed by atoms with Crippen LogP contribution in [-0.2, 0) is 4.74 Å². The maximum Gasteiger partial charge on any atom is 0.339 e. The van der Waals surface area contributed by atoms with Crippen molar-refractivity contribution in [2.24, 2.45) is 0 Å². The van der Waals surface area contributed by atoms with E-state index in [2.05, 4.69) is 0 Å². The van der Waals surface area contributed by atoms with Crippen LogP contribution in [-0.4, -0.2) is 49.7 Å². The Balaban J connectivity index is 2.61. The van der Waals surface area contributed by atoms with Gasteiger partial charge in [-0.3, -0.25) is 0 Å². The SMILES string of the molecule is COc1ccc(OCCOCCO)c(C(=O)O)c1. The smallest absolute Gasteiger partial charge is 0.339 e. The molecule has 0 saturated heterocycles. The lowest BCUT2D eigenvalue weighted by Crippen LogP contribution is -2.11. The van der Waals surface area contributed by atoms with Crippen molar-refractivity contribution in [2.45, 2.75) is 0 Å². The van der Waals surface area contributed by atoms with E-state index < -0.39 is 5.97 Å². The summed E-state index contributed by atoms with van der Waals surface area (Å²) in [6.45, 7) is 0.679. The van der Waals surface area contributed by atoms with E-state index in [1.54, 1.807) is 6.07 Å². The summed E-state index contributed by atoms with van der Waals surface area (Å²) >= 11 is 0. The minimum absolute atomic E-state index is 0.0384. The van der Waals surface area contributed by atoms with Crippen molar-refractivity contribution in [2.75, 3.05) is 33.5 Å². The summed E-state index contributed by atoms with van der Waals surface area (Å²) in [7, 11) is 1.46. The van der Waals surface area contributed by atoms with Gasteiger partial charge in [-0.15, -0.1) is 0 Å². The Morgan fingerprint density at radius 3 is 2.67 bits per heavy atom. The Kier molecular flexibility index (Phi) is 5.96. The van der Waals surface area contributed by atoms with Crippen LogP contribution in [0.3, 0.4) is 0 Å².